The van der Waals surface area contributed by atoms with Gasteiger partial charge in [0, 0.05) is 11.2 Å². The Morgan fingerprint density at radius 1 is 1.32 bits per heavy atom. The first-order valence-corrected chi connectivity index (χ1v) is 5.74. The zero-order valence-corrected chi connectivity index (χ0v) is 10.6. The van der Waals surface area contributed by atoms with E-state index in [1.165, 1.54) is 31.3 Å². The predicted molar refractivity (Wildman–Crippen MR) is 68.3 cm³/mol. The molecule has 98 valence electrons. The zero-order chi connectivity index (χ0) is 14.0. The number of hydrogen-bond donors (Lipinski definition) is 1. The van der Waals surface area contributed by atoms with Crippen molar-refractivity contribution in [2.75, 3.05) is 5.32 Å². The fourth-order valence-corrected chi connectivity index (χ4v) is 1.64. The van der Waals surface area contributed by atoms with Crippen molar-refractivity contribution >= 4 is 23.2 Å². The molecular weight excluding hydrogens is 274 g/mol. The smallest absolute Gasteiger partial charge is 0.274 e. The number of pyridine rings is 1. The van der Waals surface area contributed by atoms with Crippen LogP contribution in [0.5, 0.6) is 0 Å². The molecule has 19 heavy (non-hydrogen) atoms. The highest BCUT2D eigenvalue weighted by molar-refractivity contribution is 6.30. The summed E-state index contributed by atoms with van der Waals surface area (Å²) in [6.45, 7) is 1.47. The van der Waals surface area contributed by atoms with Gasteiger partial charge < -0.3 is 5.32 Å². The molecule has 6 heteroatoms. The fraction of sp³-hybridized carbons (Fsp3) is 0.0769. The summed E-state index contributed by atoms with van der Waals surface area (Å²) in [5, 5.41) is 2.46. The number of carbonyl (C=O) groups excluding carboxylic acids is 1. The molecule has 3 nitrogen and oxygen atoms in total. The van der Waals surface area contributed by atoms with E-state index in [1.54, 1.807) is 0 Å². The van der Waals surface area contributed by atoms with Gasteiger partial charge >= 0.3 is 0 Å². The third-order valence-corrected chi connectivity index (χ3v) is 2.71. The van der Waals surface area contributed by atoms with Crippen molar-refractivity contribution < 1.29 is 13.6 Å². The molecule has 0 unspecified atom stereocenters. The van der Waals surface area contributed by atoms with E-state index in [0.717, 1.165) is 6.07 Å². The molecule has 1 amide bonds. The standard InChI is InChI=1S/C13H9ClF2N2O/c1-7-2-3-9(15)12(11(7)16)18-13(19)10-6-8(14)4-5-17-10/h2-6H,1H3,(H,18,19). The molecule has 1 N–H and O–H groups in total. The normalized spacial score (nSPS) is 10.3. The molecule has 0 radical (unpaired) electrons. The van der Waals surface area contributed by atoms with Crippen molar-refractivity contribution in [1.29, 1.82) is 0 Å². The lowest BCUT2D eigenvalue weighted by molar-refractivity contribution is 0.102. The maximum atomic E-state index is 13.7. The number of aryl methyl sites for hydroxylation is 1. The summed E-state index contributed by atoms with van der Waals surface area (Å²) in [5.41, 5.74) is -0.282. The second-order valence-corrected chi connectivity index (χ2v) is 4.30. The van der Waals surface area contributed by atoms with Gasteiger partial charge in [-0.3, -0.25) is 9.78 Å². The Hall–Kier alpha value is -2.01. The molecule has 0 atom stereocenters. The van der Waals surface area contributed by atoms with Crippen LogP contribution >= 0.6 is 11.6 Å². The van der Waals surface area contributed by atoms with Gasteiger partial charge in [0.15, 0.2) is 5.82 Å². The molecule has 0 aliphatic rings. The molecule has 2 aromatic rings. The van der Waals surface area contributed by atoms with E-state index in [2.05, 4.69) is 10.3 Å². The molecule has 1 aromatic heterocycles. The Labute approximate surface area is 113 Å². The van der Waals surface area contributed by atoms with Gasteiger partial charge in [-0.05, 0) is 30.7 Å². The summed E-state index contributed by atoms with van der Waals surface area (Å²) < 4.78 is 27.2. The van der Waals surface area contributed by atoms with Crippen LogP contribution in [0.1, 0.15) is 16.1 Å². The van der Waals surface area contributed by atoms with Crippen LogP contribution in [-0.2, 0) is 0 Å². The van der Waals surface area contributed by atoms with Crippen LogP contribution in [0.3, 0.4) is 0 Å². The summed E-state index contributed by atoms with van der Waals surface area (Å²) in [5.74, 6) is -2.39. The molecule has 0 bridgehead atoms. The predicted octanol–water partition coefficient (Wildman–Crippen LogP) is 3.57. The minimum Gasteiger partial charge on any atom is -0.316 e. The van der Waals surface area contributed by atoms with E-state index in [4.69, 9.17) is 11.6 Å². The number of aromatic nitrogens is 1. The number of benzene rings is 1. The first-order valence-electron chi connectivity index (χ1n) is 5.36. The highest BCUT2D eigenvalue weighted by atomic mass is 35.5. The van der Waals surface area contributed by atoms with Crippen LogP contribution in [0.15, 0.2) is 30.5 Å². The monoisotopic (exact) mass is 282 g/mol. The van der Waals surface area contributed by atoms with Gasteiger partial charge in [-0.1, -0.05) is 17.7 Å². The SMILES string of the molecule is Cc1ccc(F)c(NC(=O)c2cc(Cl)ccn2)c1F. The Kier molecular flexibility index (Phi) is 3.76. The Morgan fingerprint density at radius 3 is 2.74 bits per heavy atom. The molecule has 0 aliphatic carbocycles. The van der Waals surface area contributed by atoms with Gasteiger partial charge in [-0.25, -0.2) is 8.78 Å². The van der Waals surface area contributed by atoms with Crippen molar-refractivity contribution in [3.8, 4) is 0 Å². The van der Waals surface area contributed by atoms with E-state index in [1.807, 2.05) is 0 Å². The Balaban J connectivity index is 2.32. The van der Waals surface area contributed by atoms with E-state index >= 15 is 0 Å². The van der Waals surface area contributed by atoms with Crippen LogP contribution in [-0.4, -0.2) is 10.9 Å². The van der Waals surface area contributed by atoms with Crippen molar-refractivity contribution in [3.05, 3.63) is 58.4 Å². The number of nitrogens with one attached hydrogen (secondary N) is 1. The van der Waals surface area contributed by atoms with E-state index in [9.17, 15) is 13.6 Å². The average molecular weight is 283 g/mol. The fourth-order valence-electron chi connectivity index (χ4n) is 1.48. The number of rotatable bonds is 2. The van der Waals surface area contributed by atoms with Gasteiger partial charge in [0.25, 0.3) is 5.91 Å². The summed E-state index contributed by atoms with van der Waals surface area (Å²) >= 11 is 5.71. The molecule has 1 aromatic carbocycles. The molecule has 0 saturated heterocycles. The molecule has 0 aliphatic heterocycles. The summed E-state index contributed by atoms with van der Waals surface area (Å²) in [6, 6.07) is 5.17. The van der Waals surface area contributed by atoms with Gasteiger partial charge in [0.1, 0.15) is 17.2 Å². The number of anilines is 1. The second kappa shape index (κ2) is 5.32. The summed E-state index contributed by atoms with van der Waals surface area (Å²) in [7, 11) is 0. The number of nitrogens with zero attached hydrogens (tertiary/aromatic N) is 1. The van der Waals surface area contributed by atoms with Crippen LogP contribution in [0.4, 0.5) is 14.5 Å². The third kappa shape index (κ3) is 2.88. The quantitative estimate of drug-likeness (QED) is 0.915. The lowest BCUT2D eigenvalue weighted by Gasteiger charge is -2.08. The van der Waals surface area contributed by atoms with Gasteiger partial charge in [-0.2, -0.15) is 0 Å². The number of halogens is 3. The van der Waals surface area contributed by atoms with E-state index < -0.39 is 23.2 Å². The van der Waals surface area contributed by atoms with Crippen LogP contribution in [0.25, 0.3) is 0 Å². The van der Waals surface area contributed by atoms with Gasteiger partial charge in [-0.15, -0.1) is 0 Å². The maximum Gasteiger partial charge on any atom is 0.274 e. The Bertz CT molecular complexity index is 647. The van der Waals surface area contributed by atoms with Crippen LogP contribution in [0.2, 0.25) is 5.02 Å². The first kappa shape index (κ1) is 13.4. The molecule has 0 spiro atoms. The average Bonchev–Trinajstić information content (AvgIpc) is 2.39. The highest BCUT2D eigenvalue weighted by Crippen LogP contribution is 2.22. The number of hydrogen-bond acceptors (Lipinski definition) is 2. The van der Waals surface area contributed by atoms with Crippen molar-refractivity contribution in [2.24, 2.45) is 0 Å². The second-order valence-electron chi connectivity index (χ2n) is 3.87. The van der Waals surface area contributed by atoms with Crippen molar-refractivity contribution in [2.45, 2.75) is 6.92 Å². The molecule has 1 heterocycles. The van der Waals surface area contributed by atoms with E-state index in [0.29, 0.717) is 5.02 Å². The highest BCUT2D eigenvalue weighted by Gasteiger charge is 2.16. The molecule has 2 rings (SSSR count). The number of carbonyl (C=O) groups is 1. The number of amides is 1. The summed E-state index contributed by atoms with van der Waals surface area (Å²) in [6.07, 6.45) is 1.33. The minimum absolute atomic E-state index is 0.0205. The van der Waals surface area contributed by atoms with E-state index in [-0.39, 0.29) is 11.3 Å². The van der Waals surface area contributed by atoms with Gasteiger partial charge in [0.2, 0.25) is 0 Å². The minimum atomic E-state index is -0.849. The van der Waals surface area contributed by atoms with Crippen LogP contribution < -0.4 is 5.32 Å². The third-order valence-electron chi connectivity index (χ3n) is 2.48. The lowest BCUT2D eigenvalue weighted by atomic mass is 10.2. The molecule has 0 saturated carbocycles. The Morgan fingerprint density at radius 2 is 2.05 bits per heavy atom. The summed E-state index contributed by atoms with van der Waals surface area (Å²) in [4.78, 5) is 15.6. The topological polar surface area (TPSA) is 42.0 Å². The van der Waals surface area contributed by atoms with Crippen molar-refractivity contribution in [3.63, 3.8) is 0 Å². The van der Waals surface area contributed by atoms with Crippen LogP contribution in [0, 0.1) is 18.6 Å². The zero-order valence-electron chi connectivity index (χ0n) is 9.88. The first-order chi connectivity index (χ1) is 8.99. The van der Waals surface area contributed by atoms with Gasteiger partial charge in [0.05, 0.1) is 0 Å². The molecular formula is C13H9ClF2N2O. The molecule has 0 fully saturated rings. The largest absolute Gasteiger partial charge is 0.316 e. The van der Waals surface area contributed by atoms with Crippen molar-refractivity contribution in [1.82, 2.24) is 4.98 Å². The lowest BCUT2D eigenvalue weighted by Crippen LogP contribution is -2.16. The maximum absolute atomic E-state index is 13.7.